The molecule has 0 bridgehead atoms. The van der Waals surface area contributed by atoms with E-state index in [0.717, 1.165) is 0 Å². The molecule has 0 radical (unpaired) electrons. The largest absolute Gasteiger partial charge is 2.00 e. The molecule has 36 valence electrons. The summed E-state index contributed by atoms with van der Waals surface area (Å²) in [4.78, 5) is 0. The van der Waals surface area contributed by atoms with Gasteiger partial charge < -0.3 is 21.0 Å². The van der Waals surface area contributed by atoms with Gasteiger partial charge in [-0.15, -0.1) is 0 Å². The average Bonchev–Trinajstić information content (AvgIpc) is 1.50. The van der Waals surface area contributed by atoms with Crippen molar-refractivity contribution in [2.45, 2.75) is 0 Å². The molecule has 0 rings (SSSR count). The molecule has 0 fully saturated rings. The second kappa shape index (κ2) is 137. The van der Waals surface area contributed by atoms with Crippen molar-refractivity contribution < 1.29 is 75.2 Å². The van der Waals surface area contributed by atoms with Gasteiger partial charge in [-0.25, -0.2) is 0 Å². The summed E-state index contributed by atoms with van der Waals surface area (Å²) in [6.07, 6.45) is 0. The molecule has 0 aliphatic heterocycles. The van der Waals surface area contributed by atoms with Gasteiger partial charge in [-0.05, 0) is 0 Å². The molecule has 0 aliphatic carbocycles. The minimum absolute atomic E-state index is 0. The van der Waals surface area contributed by atoms with Gasteiger partial charge in [0.25, 0.3) is 0 Å². The molecule has 0 amide bonds. The van der Waals surface area contributed by atoms with Gasteiger partial charge in [-0.1, -0.05) is 0 Å². The molecule has 0 aliphatic rings. The van der Waals surface area contributed by atoms with Crippen molar-refractivity contribution in [3.8, 4) is 0 Å². The van der Waals surface area contributed by atoms with Crippen LogP contribution in [0.3, 0.4) is 0 Å². The molecule has 0 heterocycles. The van der Waals surface area contributed by atoms with Gasteiger partial charge in [0.15, 0.2) is 0 Å². The molecule has 0 N–H and O–H groups in total. The summed E-state index contributed by atoms with van der Waals surface area (Å²) < 4.78 is 0. The molecule has 0 aromatic rings. The van der Waals surface area contributed by atoms with Gasteiger partial charge in [0.2, 0.25) is 0 Å². The maximum atomic E-state index is 7.00. The van der Waals surface area contributed by atoms with Crippen LogP contribution in [-0.4, -0.2) is 0 Å². The summed E-state index contributed by atoms with van der Waals surface area (Å²) in [6.45, 7) is 0. The summed E-state index contributed by atoms with van der Waals surface area (Å²) in [5.74, 6) is 0. The summed E-state index contributed by atoms with van der Waals surface area (Å²) in [5.41, 5.74) is 0. The Labute approximate surface area is 75.1 Å². The first-order valence-corrected chi connectivity index (χ1v) is 0.333. The molecule has 4 nitrogen and oxygen atoms in total. The van der Waals surface area contributed by atoms with Crippen LogP contribution in [0.25, 0.3) is 0 Å². The van der Waals surface area contributed by atoms with Crippen LogP contribution >= 0.6 is 0 Å². The molecule has 0 aromatic heterocycles. The third-order valence-corrected chi connectivity index (χ3v) is 0. The molecule has 0 saturated heterocycles. The van der Waals surface area contributed by atoms with Gasteiger partial charge in [-0.2, -0.15) is 0 Å². The molecular weight excluding hydrogens is 137 g/mol. The Hall–Kier alpha value is 1.53. The van der Waals surface area contributed by atoms with Crippen LogP contribution in [0.5, 0.6) is 0 Å². The zero-order valence-corrected chi connectivity index (χ0v) is 4.94. The topological polar surface area (TPSA) is 92.2 Å². The minimum atomic E-state index is 0. The predicted molar refractivity (Wildman–Crippen MR) is 0 cm³/mol. The molecule has 0 spiro atoms. The van der Waals surface area contributed by atoms with E-state index in [2.05, 4.69) is 0 Å². The minimum Gasteiger partial charge on any atom is -1.00 e. The fourth-order valence-corrected chi connectivity index (χ4v) is 0. The van der Waals surface area contributed by atoms with Crippen LogP contribution in [0.15, 0.2) is 0 Å². The van der Waals surface area contributed by atoms with E-state index >= 15 is 0 Å². The van der Waals surface area contributed by atoms with E-state index in [1.165, 1.54) is 0 Å². The summed E-state index contributed by atoms with van der Waals surface area (Å²) in [5, 5.41) is 28.0. The van der Waals surface area contributed by atoms with E-state index in [9.17, 15) is 0 Å². The van der Waals surface area contributed by atoms with E-state index in [0.29, 0.717) is 0 Å². The first-order chi connectivity index (χ1) is 2.00. The summed E-state index contributed by atoms with van der Waals surface area (Å²) >= 11 is 0. The number of hydrogen-bond acceptors (Lipinski definition) is 4. The van der Waals surface area contributed by atoms with Crippen LogP contribution in [0.4, 0.5) is 0 Å². The van der Waals surface area contributed by atoms with E-state index in [-0.39, 0.29) is 54.2 Å². The van der Waals surface area contributed by atoms with Gasteiger partial charge in [-0.3, -0.25) is 0 Å². The molecule has 0 unspecified atom stereocenters. The van der Waals surface area contributed by atoms with Gasteiger partial charge in [0.05, 0.1) is 0 Å². The fourth-order valence-electron chi connectivity index (χ4n) is 0. The monoisotopic (exact) mass is 136 g/mol. The second-order valence-corrected chi connectivity index (χ2v) is 0. The normalized spacial score (nSPS) is 1.71. The SMILES string of the molecule is [Li+].[Li+].[Ni+2].[O-][O-].[O-][O-]. The fraction of sp³-hybridized carbons (Fsp3) is 0. The summed E-state index contributed by atoms with van der Waals surface area (Å²) in [6, 6.07) is 0. The van der Waals surface area contributed by atoms with Crippen molar-refractivity contribution in [3.63, 3.8) is 0 Å². The van der Waals surface area contributed by atoms with Gasteiger partial charge in [0.1, 0.15) is 0 Å². The Bertz CT molecular complexity index is 9.65. The first kappa shape index (κ1) is 38.8. The molecule has 0 saturated carbocycles. The molecule has 0 aromatic carbocycles. The Morgan fingerprint density at radius 1 is 0.571 bits per heavy atom. The molecular formula is Li2NiO4. The van der Waals surface area contributed by atoms with Crippen LogP contribution in [-0.2, 0) is 16.5 Å². The summed E-state index contributed by atoms with van der Waals surface area (Å²) in [7, 11) is 0. The Kier molecular flexibility index (Phi) is 762. The predicted octanol–water partition coefficient (Wildman–Crippen LogP) is -10.8. The van der Waals surface area contributed by atoms with Crippen molar-refractivity contribution in [1.29, 1.82) is 0 Å². The van der Waals surface area contributed by atoms with Crippen molar-refractivity contribution in [3.05, 3.63) is 0 Å². The Balaban J connectivity index is -0.00000000267. The van der Waals surface area contributed by atoms with Crippen LogP contribution in [0, 0.1) is 0 Å². The average molecular weight is 137 g/mol. The molecule has 7 heavy (non-hydrogen) atoms. The van der Waals surface area contributed by atoms with Crippen LogP contribution < -0.4 is 58.8 Å². The zero-order valence-electron chi connectivity index (χ0n) is 3.95. The smallest absolute Gasteiger partial charge is 1.00 e. The maximum Gasteiger partial charge on any atom is 2.00 e. The third kappa shape index (κ3) is 98.5. The Morgan fingerprint density at radius 2 is 0.571 bits per heavy atom. The number of rotatable bonds is 0. The standard InChI is InChI=1S/2Li.Ni.2O2/c;;;2*1-2/q2*+1;+2;2*-2. The van der Waals surface area contributed by atoms with Crippen molar-refractivity contribution >= 4 is 0 Å². The van der Waals surface area contributed by atoms with E-state index < -0.39 is 0 Å². The molecule has 0 atom stereocenters. The quantitative estimate of drug-likeness (QED) is 0.188. The molecule has 7 heteroatoms. The van der Waals surface area contributed by atoms with Crippen molar-refractivity contribution in [2.24, 2.45) is 0 Å². The van der Waals surface area contributed by atoms with Gasteiger partial charge in [0, 0.05) is 0 Å². The van der Waals surface area contributed by atoms with E-state index in [4.69, 9.17) is 21.0 Å². The van der Waals surface area contributed by atoms with E-state index in [1.807, 2.05) is 0 Å². The van der Waals surface area contributed by atoms with Crippen molar-refractivity contribution in [1.82, 2.24) is 0 Å². The number of hydrogen-bond donors (Lipinski definition) is 0. The maximum absolute atomic E-state index is 7.00. The Morgan fingerprint density at radius 3 is 0.571 bits per heavy atom. The third-order valence-electron chi connectivity index (χ3n) is 0. The van der Waals surface area contributed by atoms with Crippen LogP contribution in [0.1, 0.15) is 0 Å². The second-order valence-electron chi connectivity index (χ2n) is 0. The van der Waals surface area contributed by atoms with E-state index in [1.54, 1.807) is 0 Å². The first-order valence-electron chi connectivity index (χ1n) is 0.333. The zero-order chi connectivity index (χ0) is 4.00. The van der Waals surface area contributed by atoms with Crippen LogP contribution in [0.2, 0.25) is 0 Å². The van der Waals surface area contributed by atoms with Gasteiger partial charge >= 0.3 is 54.2 Å². The van der Waals surface area contributed by atoms with Crippen molar-refractivity contribution in [2.75, 3.05) is 0 Å².